The molecule has 0 unspecified atom stereocenters. The molecule has 0 bridgehead atoms. The van der Waals surface area contributed by atoms with Gasteiger partial charge in [0.2, 0.25) is 10.0 Å². The molecule has 0 radical (unpaired) electrons. The summed E-state index contributed by atoms with van der Waals surface area (Å²) in [5, 5.41) is 20.5. The van der Waals surface area contributed by atoms with Crippen LogP contribution in [0.3, 0.4) is 0 Å². The summed E-state index contributed by atoms with van der Waals surface area (Å²) >= 11 is 0. The van der Waals surface area contributed by atoms with Crippen LogP contribution in [0.2, 0.25) is 0 Å². The number of hydrogen-bond acceptors (Lipinski definition) is 7. The van der Waals surface area contributed by atoms with Gasteiger partial charge in [-0.2, -0.15) is 13.2 Å². The molecule has 0 saturated carbocycles. The Kier molecular flexibility index (Phi) is 9.08. The van der Waals surface area contributed by atoms with Crippen molar-refractivity contribution in [1.29, 1.82) is 5.41 Å². The molecule has 182 valence electrons. The van der Waals surface area contributed by atoms with Crippen molar-refractivity contribution in [2.75, 3.05) is 35.9 Å². The van der Waals surface area contributed by atoms with E-state index in [0.717, 1.165) is 6.07 Å². The summed E-state index contributed by atoms with van der Waals surface area (Å²) in [7, 11) is -3.44. The van der Waals surface area contributed by atoms with Crippen LogP contribution in [0.5, 0.6) is 5.75 Å². The number of ether oxygens (including phenoxy) is 1. The van der Waals surface area contributed by atoms with E-state index in [0.29, 0.717) is 24.2 Å². The fourth-order valence-electron chi connectivity index (χ4n) is 2.92. The average molecular weight is 489 g/mol. The summed E-state index contributed by atoms with van der Waals surface area (Å²) in [6.07, 6.45) is -5.21. The molecular formula is C21H27F3N4O4S. The Labute approximate surface area is 190 Å². The van der Waals surface area contributed by atoms with Crippen LogP contribution in [0.15, 0.2) is 42.5 Å². The second kappa shape index (κ2) is 11.3. The van der Waals surface area contributed by atoms with Gasteiger partial charge in [-0.15, -0.1) is 0 Å². The van der Waals surface area contributed by atoms with Gasteiger partial charge >= 0.3 is 6.18 Å². The van der Waals surface area contributed by atoms with Crippen LogP contribution >= 0.6 is 0 Å². The number of sulfonamides is 1. The van der Waals surface area contributed by atoms with Gasteiger partial charge in [0, 0.05) is 36.1 Å². The van der Waals surface area contributed by atoms with Crippen LogP contribution in [0.25, 0.3) is 0 Å². The Morgan fingerprint density at radius 3 is 2.61 bits per heavy atom. The normalized spacial score (nSPS) is 12.9. The molecule has 0 aromatic heterocycles. The topological polar surface area (TPSA) is 138 Å². The maximum atomic E-state index is 12.6. The molecule has 6 N–H and O–H groups in total. The van der Waals surface area contributed by atoms with E-state index in [-0.39, 0.29) is 30.3 Å². The first-order chi connectivity index (χ1) is 15.4. The molecule has 2 rings (SSSR count). The maximum absolute atomic E-state index is 12.6. The molecule has 0 amide bonds. The molecule has 0 heterocycles. The molecule has 0 fully saturated rings. The van der Waals surface area contributed by atoms with Gasteiger partial charge in [-0.05, 0) is 36.2 Å². The first kappa shape index (κ1) is 26.4. The van der Waals surface area contributed by atoms with Crippen molar-refractivity contribution in [3.05, 3.63) is 53.6 Å². The minimum Gasteiger partial charge on any atom is -0.492 e. The third-order valence-electron chi connectivity index (χ3n) is 4.48. The van der Waals surface area contributed by atoms with Crippen LogP contribution in [0, 0.1) is 5.41 Å². The summed E-state index contributed by atoms with van der Waals surface area (Å²) in [4.78, 5) is 0. The number of nitrogens with one attached hydrogen (secondary N) is 3. The van der Waals surface area contributed by atoms with E-state index in [1.807, 2.05) is 0 Å². The number of rotatable bonds is 12. The van der Waals surface area contributed by atoms with Crippen LogP contribution < -0.4 is 20.5 Å². The molecule has 8 nitrogen and oxygen atoms in total. The zero-order valence-electron chi connectivity index (χ0n) is 17.9. The van der Waals surface area contributed by atoms with Gasteiger partial charge in [-0.1, -0.05) is 19.1 Å². The van der Waals surface area contributed by atoms with E-state index in [2.05, 4.69) is 10.0 Å². The first-order valence-corrected chi connectivity index (χ1v) is 11.8. The lowest BCUT2D eigenvalue weighted by Crippen LogP contribution is -2.26. The van der Waals surface area contributed by atoms with E-state index in [9.17, 15) is 26.7 Å². The van der Waals surface area contributed by atoms with Gasteiger partial charge in [0.1, 0.15) is 18.1 Å². The van der Waals surface area contributed by atoms with Crippen molar-refractivity contribution < 1.29 is 31.4 Å². The van der Waals surface area contributed by atoms with E-state index in [1.165, 1.54) is 12.1 Å². The maximum Gasteiger partial charge on any atom is 0.433 e. The van der Waals surface area contributed by atoms with Crippen molar-refractivity contribution in [3.8, 4) is 5.75 Å². The number of alkyl halides is 3. The van der Waals surface area contributed by atoms with E-state index >= 15 is 0 Å². The van der Waals surface area contributed by atoms with Crippen LogP contribution in [0.4, 0.5) is 24.5 Å². The Morgan fingerprint density at radius 1 is 1.24 bits per heavy atom. The molecule has 0 spiro atoms. The summed E-state index contributed by atoms with van der Waals surface area (Å²) < 4.78 is 69.6. The van der Waals surface area contributed by atoms with Crippen LogP contribution in [-0.2, 0) is 10.0 Å². The smallest absolute Gasteiger partial charge is 0.433 e. The number of nitrogens with two attached hydrogens (primary N) is 1. The van der Waals surface area contributed by atoms with Gasteiger partial charge < -0.3 is 20.9 Å². The van der Waals surface area contributed by atoms with Gasteiger partial charge in [0.25, 0.3) is 0 Å². The van der Waals surface area contributed by atoms with Gasteiger partial charge in [-0.25, -0.2) is 8.42 Å². The van der Waals surface area contributed by atoms with E-state index in [1.54, 1.807) is 31.2 Å². The van der Waals surface area contributed by atoms with E-state index in [4.69, 9.17) is 15.9 Å². The zero-order valence-corrected chi connectivity index (χ0v) is 18.8. The highest BCUT2D eigenvalue weighted by atomic mass is 32.2. The van der Waals surface area contributed by atoms with Crippen LogP contribution in [0.1, 0.15) is 30.6 Å². The monoisotopic (exact) mass is 488 g/mol. The van der Waals surface area contributed by atoms with E-state index < -0.39 is 33.6 Å². The summed E-state index contributed by atoms with van der Waals surface area (Å²) in [6.45, 7) is 2.40. The van der Waals surface area contributed by atoms with Gasteiger partial charge in [-0.3, -0.25) is 10.1 Å². The molecule has 0 aliphatic carbocycles. The minimum atomic E-state index is -4.79. The van der Waals surface area contributed by atoms with Crippen molar-refractivity contribution in [3.63, 3.8) is 0 Å². The van der Waals surface area contributed by atoms with Gasteiger partial charge in [0.15, 0.2) is 0 Å². The summed E-state index contributed by atoms with van der Waals surface area (Å²) in [5.74, 6) is 0.251. The second-order valence-electron chi connectivity index (χ2n) is 7.24. The number of hydrogen-bond donors (Lipinski definition) is 5. The molecule has 33 heavy (non-hydrogen) atoms. The third kappa shape index (κ3) is 8.22. The number of halogens is 3. The lowest BCUT2D eigenvalue weighted by Gasteiger charge is -2.15. The Bertz CT molecular complexity index is 1060. The summed E-state index contributed by atoms with van der Waals surface area (Å²) in [5.41, 5.74) is 4.34. The molecular weight excluding hydrogens is 461 g/mol. The average Bonchev–Trinajstić information content (AvgIpc) is 2.72. The SMILES string of the molecule is CCCS(=O)(=O)Nc1cccc([C@@H](O)CNCCOc2ccc(C(=N)C(F)(F)F)c(N)c2)c1. The Morgan fingerprint density at radius 2 is 1.97 bits per heavy atom. The number of nitrogen functional groups attached to an aromatic ring is 1. The zero-order chi connectivity index (χ0) is 24.6. The molecule has 0 aliphatic heterocycles. The van der Waals surface area contributed by atoms with Crippen LogP contribution in [-0.4, -0.2) is 50.9 Å². The van der Waals surface area contributed by atoms with Crippen molar-refractivity contribution in [2.24, 2.45) is 0 Å². The molecule has 2 aromatic rings. The highest BCUT2D eigenvalue weighted by Crippen LogP contribution is 2.27. The largest absolute Gasteiger partial charge is 0.492 e. The van der Waals surface area contributed by atoms with Crippen molar-refractivity contribution >= 4 is 27.1 Å². The highest BCUT2D eigenvalue weighted by molar-refractivity contribution is 7.92. The van der Waals surface area contributed by atoms with Gasteiger partial charge in [0.05, 0.1) is 11.9 Å². The fraction of sp³-hybridized carbons (Fsp3) is 0.381. The Hall–Kier alpha value is -2.83. The number of aliphatic hydroxyl groups excluding tert-OH is 1. The summed E-state index contributed by atoms with van der Waals surface area (Å²) in [6, 6.07) is 10.1. The second-order valence-corrected chi connectivity index (χ2v) is 9.08. The predicted octanol–water partition coefficient (Wildman–Crippen LogP) is 3.05. The van der Waals surface area contributed by atoms with Crippen molar-refractivity contribution in [1.82, 2.24) is 5.32 Å². The molecule has 0 saturated heterocycles. The number of aliphatic hydroxyl groups is 1. The van der Waals surface area contributed by atoms with Crippen molar-refractivity contribution in [2.45, 2.75) is 25.6 Å². The molecule has 0 aliphatic rings. The number of anilines is 2. The lowest BCUT2D eigenvalue weighted by atomic mass is 10.1. The predicted molar refractivity (Wildman–Crippen MR) is 121 cm³/mol. The highest BCUT2D eigenvalue weighted by Gasteiger charge is 2.36. The quantitative estimate of drug-likeness (QED) is 0.177. The fourth-order valence-corrected chi connectivity index (χ4v) is 4.04. The standard InChI is InChI=1S/C21H27F3N4O4S/c1-2-10-33(30,31)28-15-5-3-4-14(11-15)19(29)13-27-8-9-32-16-6-7-17(18(25)12-16)20(26)21(22,23)24/h3-7,11-12,19,26-29H,2,8-10,13,25H2,1H3/t19-/m0/s1. The third-order valence-corrected chi connectivity index (χ3v) is 5.97. The molecule has 2 aromatic carbocycles. The molecule has 12 heteroatoms. The number of benzene rings is 2. The minimum absolute atomic E-state index is 0.000567. The molecule has 1 atom stereocenters. The lowest BCUT2D eigenvalue weighted by molar-refractivity contribution is -0.0587. The first-order valence-electron chi connectivity index (χ1n) is 10.1. The Balaban J connectivity index is 1.82.